The molecule has 0 unspecified atom stereocenters. The molecular weight excluding hydrogens is 418 g/mol. The normalized spacial score (nSPS) is 23.3. The van der Waals surface area contributed by atoms with E-state index in [1.165, 1.54) is 16.4 Å². The summed E-state index contributed by atoms with van der Waals surface area (Å²) in [6.45, 7) is 2.82. The van der Waals surface area contributed by atoms with Crippen molar-refractivity contribution in [2.24, 2.45) is 11.7 Å². The topological polar surface area (TPSA) is 152 Å². The first-order valence-corrected chi connectivity index (χ1v) is 11.1. The lowest BCUT2D eigenvalue weighted by molar-refractivity contribution is -0.125. The molecule has 2 aromatic heterocycles. The SMILES string of the molecule is CCCCNc1nc(Sc2ccccc2)nc2c1nnn2[C@@H]1C[C@H](C(N)=O)[C@@H](O)[C@H]1O. The molecule has 10 nitrogen and oxygen atoms in total. The second-order valence-corrected chi connectivity index (χ2v) is 8.59. The smallest absolute Gasteiger partial charge is 0.223 e. The molecule has 1 saturated carbocycles. The summed E-state index contributed by atoms with van der Waals surface area (Å²) < 4.78 is 1.47. The Morgan fingerprint density at radius 2 is 2.03 bits per heavy atom. The van der Waals surface area contributed by atoms with Crippen LogP contribution in [0.1, 0.15) is 32.2 Å². The second-order valence-electron chi connectivity index (χ2n) is 7.55. The highest BCUT2D eigenvalue weighted by molar-refractivity contribution is 7.99. The third-order valence-electron chi connectivity index (χ3n) is 5.41. The number of rotatable bonds is 8. The predicted molar refractivity (Wildman–Crippen MR) is 115 cm³/mol. The van der Waals surface area contributed by atoms with Crippen LogP contribution in [0.3, 0.4) is 0 Å². The van der Waals surface area contributed by atoms with Crippen LogP contribution >= 0.6 is 11.8 Å². The van der Waals surface area contributed by atoms with Crippen LogP contribution in [0, 0.1) is 5.92 Å². The number of fused-ring (bicyclic) bond motifs is 1. The van der Waals surface area contributed by atoms with Crippen LogP contribution in [-0.4, -0.2) is 59.8 Å². The molecule has 1 aliphatic carbocycles. The average Bonchev–Trinajstić information content (AvgIpc) is 3.30. The van der Waals surface area contributed by atoms with Crippen molar-refractivity contribution in [3.63, 3.8) is 0 Å². The molecule has 0 saturated heterocycles. The van der Waals surface area contributed by atoms with E-state index in [-0.39, 0.29) is 6.42 Å². The van der Waals surface area contributed by atoms with Gasteiger partial charge < -0.3 is 21.3 Å². The first kappa shape index (κ1) is 21.5. The number of benzene rings is 1. The lowest BCUT2D eigenvalue weighted by atomic mass is 10.1. The molecule has 4 atom stereocenters. The van der Waals surface area contributed by atoms with E-state index in [4.69, 9.17) is 5.73 Å². The van der Waals surface area contributed by atoms with E-state index in [1.807, 2.05) is 30.3 Å². The van der Waals surface area contributed by atoms with E-state index >= 15 is 0 Å². The van der Waals surface area contributed by atoms with Gasteiger partial charge in [-0.15, -0.1) is 5.10 Å². The van der Waals surface area contributed by atoms with Crippen molar-refractivity contribution >= 4 is 34.7 Å². The van der Waals surface area contributed by atoms with Gasteiger partial charge >= 0.3 is 0 Å². The standard InChI is InChI=1S/C20H25N7O3S/c1-2-3-9-22-18-14-19(24-20(23-18)31-11-7-5-4-6-8-11)27(26-25-14)13-10-12(17(21)30)15(28)16(13)29/h4-8,12-13,15-16,28-29H,2-3,9-10H2,1H3,(H2,21,30)(H,22,23,24)/t12-,13+,15+,16-/m0/s1. The fourth-order valence-electron chi connectivity index (χ4n) is 3.71. The lowest BCUT2D eigenvalue weighted by Crippen LogP contribution is -2.35. The summed E-state index contributed by atoms with van der Waals surface area (Å²) in [5.41, 5.74) is 6.28. The quantitative estimate of drug-likeness (QED) is 0.298. The van der Waals surface area contributed by atoms with Crippen molar-refractivity contribution in [1.82, 2.24) is 25.0 Å². The summed E-state index contributed by atoms with van der Waals surface area (Å²) in [4.78, 5) is 21.9. The van der Waals surface area contributed by atoms with Crippen LogP contribution in [0.15, 0.2) is 40.4 Å². The fourth-order valence-corrected chi connectivity index (χ4v) is 4.49. The van der Waals surface area contributed by atoms with Crippen LogP contribution in [-0.2, 0) is 4.79 Å². The Kier molecular flexibility index (Phi) is 6.35. The van der Waals surface area contributed by atoms with E-state index < -0.39 is 30.1 Å². The van der Waals surface area contributed by atoms with Crippen molar-refractivity contribution in [3.05, 3.63) is 30.3 Å². The monoisotopic (exact) mass is 443 g/mol. The summed E-state index contributed by atoms with van der Waals surface area (Å²) in [5, 5.41) is 33.0. The van der Waals surface area contributed by atoms with Crippen LogP contribution in [0.2, 0.25) is 0 Å². The molecule has 0 aliphatic heterocycles. The second kappa shape index (κ2) is 9.16. The van der Waals surface area contributed by atoms with Gasteiger partial charge in [0, 0.05) is 11.4 Å². The Hall–Kier alpha value is -2.76. The van der Waals surface area contributed by atoms with Gasteiger partial charge in [0.05, 0.1) is 18.1 Å². The molecule has 2 heterocycles. The van der Waals surface area contributed by atoms with Crippen LogP contribution in [0.4, 0.5) is 5.82 Å². The Bertz CT molecular complexity index is 1060. The molecule has 1 aromatic carbocycles. The first-order chi connectivity index (χ1) is 15.0. The van der Waals surface area contributed by atoms with Crippen molar-refractivity contribution in [2.75, 3.05) is 11.9 Å². The van der Waals surface area contributed by atoms with Gasteiger partial charge in [-0.25, -0.2) is 14.6 Å². The van der Waals surface area contributed by atoms with Crippen LogP contribution in [0.25, 0.3) is 11.2 Å². The number of carbonyl (C=O) groups is 1. The van der Waals surface area contributed by atoms with Gasteiger partial charge in [-0.1, -0.05) is 36.8 Å². The number of anilines is 1. The van der Waals surface area contributed by atoms with E-state index in [1.54, 1.807) is 0 Å². The fraction of sp³-hybridized carbons (Fsp3) is 0.450. The maximum atomic E-state index is 11.7. The highest BCUT2D eigenvalue weighted by atomic mass is 32.2. The molecule has 5 N–H and O–H groups in total. The van der Waals surface area contributed by atoms with E-state index in [0.717, 1.165) is 24.3 Å². The highest BCUT2D eigenvalue weighted by Gasteiger charge is 2.46. The van der Waals surface area contributed by atoms with Crippen LogP contribution in [0.5, 0.6) is 0 Å². The summed E-state index contributed by atoms with van der Waals surface area (Å²) in [7, 11) is 0. The predicted octanol–water partition coefficient (Wildman–Crippen LogP) is 1.35. The minimum Gasteiger partial charge on any atom is -0.390 e. The van der Waals surface area contributed by atoms with Crippen molar-refractivity contribution in [2.45, 2.75) is 54.5 Å². The number of nitrogens with one attached hydrogen (secondary N) is 1. The van der Waals surface area contributed by atoms with E-state index in [2.05, 4.69) is 32.5 Å². The number of hydrogen-bond acceptors (Lipinski definition) is 9. The number of aliphatic hydroxyl groups is 2. The molecular formula is C20H25N7O3S. The maximum absolute atomic E-state index is 11.7. The van der Waals surface area contributed by atoms with E-state index in [9.17, 15) is 15.0 Å². The molecule has 0 spiro atoms. The van der Waals surface area contributed by atoms with Crippen molar-refractivity contribution in [1.29, 1.82) is 0 Å². The third-order valence-corrected chi connectivity index (χ3v) is 6.28. The number of unbranched alkanes of at least 4 members (excludes halogenated alkanes) is 1. The Morgan fingerprint density at radius 3 is 2.71 bits per heavy atom. The molecule has 3 aromatic rings. The number of aliphatic hydroxyl groups excluding tert-OH is 2. The molecule has 1 fully saturated rings. The average molecular weight is 444 g/mol. The van der Waals surface area contributed by atoms with E-state index in [0.29, 0.717) is 22.1 Å². The van der Waals surface area contributed by atoms with Crippen molar-refractivity contribution in [3.8, 4) is 0 Å². The van der Waals surface area contributed by atoms with Gasteiger partial charge in [0.2, 0.25) is 5.91 Å². The number of aromatic nitrogens is 5. The Balaban J connectivity index is 1.74. The zero-order chi connectivity index (χ0) is 22.0. The number of nitrogens with zero attached hydrogens (tertiary/aromatic N) is 5. The molecule has 0 bridgehead atoms. The summed E-state index contributed by atoms with van der Waals surface area (Å²) in [5.74, 6) is -0.959. The molecule has 31 heavy (non-hydrogen) atoms. The summed E-state index contributed by atoms with van der Waals surface area (Å²) in [6.07, 6.45) is -0.322. The van der Waals surface area contributed by atoms with Gasteiger partial charge in [0.15, 0.2) is 22.1 Å². The zero-order valence-electron chi connectivity index (χ0n) is 17.0. The highest BCUT2D eigenvalue weighted by Crippen LogP contribution is 2.37. The number of amides is 1. The van der Waals surface area contributed by atoms with Crippen molar-refractivity contribution < 1.29 is 15.0 Å². The lowest BCUT2D eigenvalue weighted by Gasteiger charge is -2.17. The Labute approximate surface area is 183 Å². The number of carbonyl (C=O) groups excluding carboxylic acids is 1. The molecule has 164 valence electrons. The number of nitrogens with two attached hydrogens (primary N) is 1. The van der Waals surface area contributed by atoms with Gasteiger partial charge in [-0.2, -0.15) is 0 Å². The van der Waals surface area contributed by atoms with Gasteiger partial charge in [-0.05, 0) is 36.7 Å². The third kappa shape index (κ3) is 4.34. The summed E-state index contributed by atoms with van der Waals surface area (Å²) >= 11 is 1.40. The summed E-state index contributed by atoms with van der Waals surface area (Å²) in [6, 6.07) is 9.07. The molecule has 11 heteroatoms. The largest absolute Gasteiger partial charge is 0.390 e. The van der Waals surface area contributed by atoms with Gasteiger partial charge in [0.25, 0.3) is 0 Å². The maximum Gasteiger partial charge on any atom is 0.223 e. The number of primary amides is 1. The minimum atomic E-state index is -1.26. The minimum absolute atomic E-state index is 0.153. The first-order valence-electron chi connectivity index (χ1n) is 10.2. The number of hydrogen-bond donors (Lipinski definition) is 4. The molecule has 0 radical (unpaired) electrons. The van der Waals surface area contributed by atoms with Gasteiger partial charge in [0.1, 0.15) is 6.10 Å². The molecule has 4 rings (SSSR count). The molecule has 1 aliphatic rings. The van der Waals surface area contributed by atoms with Gasteiger partial charge in [-0.3, -0.25) is 4.79 Å². The Morgan fingerprint density at radius 1 is 1.26 bits per heavy atom. The zero-order valence-corrected chi connectivity index (χ0v) is 17.9. The van der Waals surface area contributed by atoms with Crippen LogP contribution < -0.4 is 11.1 Å². The molecule has 1 amide bonds.